The fourth-order valence-electron chi connectivity index (χ4n) is 2.59. The van der Waals surface area contributed by atoms with Crippen LogP contribution >= 0.6 is 0 Å². The van der Waals surface area contributed by atoms with Gasteiger partial charge in [-0.15, -0.1) is 0 Å². The summed E-state index contributed by atoms with van der Waals surface area (Å²) in [6.45, 7) is 2.05. The molecular formula is C19H15N3O4. The van der Waals surface area contributed by atoms with E-state index in [-0.39, 0.29) is 0 Å². The van der Waals surface area contributed by atoms with Crippen molar-refractivity contribution in [2.24, 2.45) is 0 Å². The van der Waals surface area contributed by atoms with E-state index in [9.17, 15) is 4.79 Å². The summed E-state index contributed by atoms with van der Waals surface area (Å²) in [7, 11) is 0. The van der Waals surface area contributed by atoms with Gasteiger partial charge in [-0.3, -0.25) is 5.32 Å². The van der Waals surface area contributed by atoms with E-state index >= 15 is 0 Å². The molecule has 3 aromatic heterocycles. The van der Waals surface area contributed by atoms with Gasteiger partial charge in [-0.1, -0.05) is 0 Å². The van der Waals surface area contributed by atoms with Crippen LogP contribution in [0.15, 0.2) is 63.8 Å². The number of hydrogen-bond acceptors (Lipinski definition) is 6. The lowest BCUT2D eigenvalue weighted by Gasteiger charge is -2.09. The van der Waals surface area contributed by atoms with Gasteiger partial charge < -0.3 is 13.6 Å². The van der Waals surface area contributed by atoms with Crippen LogP contribution in [0.3, 0.4) is 0 Å². The number of fused-ring (bicyclic) bond motifs is 1. The summed E-state index contributed by atoms with van der Waals surface area (Å²) in [6.07, 6.45) is 2.64. The minimum Gasteiger partial charge on any atom is -0.463 e. The summed E-state index contributed by atoms with van der Waals surface area (Å²) in [6, 6.07) is 12.5. The molecule has 3 heterocycles. The lowest BCUT2D eigenvalue weighted by Crippen LogP contribution is -2.13. The van der Waals surface area contributed by atoms with E-state index in [1.54, 1.807) is 49.8 Å². The number of aromatic nitrogens is 2. The highest BCUT2D eigenvalue weighted by Crippen LogP contribution is 2.32. The third-order valence-electron chi connectivity index (χ3n) is 3.70. The Hall–Kier alpha value is -3.61. The molecule has 4 rings (SSSR count). The van der Waals surface area contributed by atoms with Crippen molar-refractivity contribution in [1.29, 1.82) is 0 Å². The molecule has 0 unspecified atom stereocenters. The van der Waals surface area contributed by atoms with Gasteiger partial charge in [-0.05, 0) is 49.4 Å². The van der Waals surface area contributed by atoms with E-state index in [4.69, 9.17) is 13.6 Å². The highest BCUT2D eigenvalue weighted by molar-refractivity contribution is 5.90. The van der Waals surface area contributed by atoms with Crippen LogP contribution in [0.25, 0.3) is 33.9 Å². The molecule has 26 heavy (non-hydrogen) atoms. The van der Waals surface area contributed by atoms with Gasteiger partial charge >= 0.3 is 6.09 Å². The smallest absolute Gasteiger partial charge is 0.411 e. The first-order chi connectivity index (χ1) is 12.7. The zero-order valence-electron chi connectivity index (χ0n) is 13.9. The van der Waals surface area contributed by atoms with E-state index < -0.39 is 6.09 Å². The molecule has 130 valence electrons. The van der Waals surface area contributed by atoms with Gasteiger partial charge in [0.2, 0.25) is 0 Å². The second-order valence-corrected chi connectivity index (χ2v) is 5.42. The van der Waals surface area contributed by atoms with Crippen LogP contribution in [0.2, 0.25) is 0 Å². The monoisotopic (exact) mass is 349 g/mol. The van der Waals surface area contributed by atoms with Crippen molar-refractivity contribution in [3.63, 3.8) is 0 Å². The maximum absolute atomic E-state index is 11.6. The summed E-state index contributed by atoms with van der Waals surface area (Å²) in [5.41, 5.74) is 3.00. The predicted molar refractivity (Wildman–Crippen MR) is 95.6 cm³/mol. The Morgan fingerprint density at radius 3 is 2.23 bits per heavy atom. The lowest BCUT2D eigenvalue weighted by molar-refractivity contribution is 0.168. The molecule has 0 fully saturated rings. The first-order valence-corrected chi connectivity index (χ1v) is 8.08. The van der Waals surface area contributed by atoms with E-state index in [1.165, 1.54) is 0 Å². The van der Waals surface area contributed by atoms with E-state index in [1.807, 2.05) is 12.1 Å². The molecule has 1 aromatic carbocycles. The summed E-state index contributed by atoms with van der Waals surface area (Å²) >= 11 is 0. The minimum absolute atomic E-state index is 0.300. The number of amides is 1. The van der Waals surface area contributed by atoms with Crippen LogP contribution in [0.1, 0.15) is 6.92 Å². The van der Waals surface area contributed by atoms with Gasteiger partial charge in [0.05, 0.1) is 30.2 Å². The highest BCUT2D eigenvalue weighted by Gasteiger charge is 2.17. The number of nitrogens with one attached hydrogen (secondary N) is 1. The van der Waals surface area contributed by atoms with Crippen molar-refractivity contribution < 1.29 is 18.4 Å². The van der Waals surface area contributed by atoms with Crippen molar-refractivity contribution in [3.05, 3.63) is 55.0 Å². The lowest BCUT2D eigenvalue weighted by atomic mass is 10.1. The predicted octanol–water partition coefficient (Wildman–Crippen LogP) is 4.72. The molecule has 0 spiro atoms. The van der Waals surface area contributed by atoms with Gasteiger partial charge in [0.1, 0.15) is 11.4 Å². The molecular weight excluding hydrogens is 334 g/mol. The second-order valence-electron chi connectivity index (χ2n) is 5.42. The quantitative estimate of drug-likeness (QED) is 0.573. The second kappa shape index (κ2) is 6.72. The minimum atomic E-state index is -0.515. The van der Waals surface area contributed by atoms with Crippen LogP contribution in [0, 0.1) is 0 Å². The molecule has 0 saturated carbocycles. The Bertz CT molecular complexity index is 1040. The van der Waals surface area contributed by atoms with Crippen LogP contribution in [-0.2, 0) is 4.74 Å². The van der Waals surface area contributed by atoms with Crippen LogP contribution in [-0.4, -0.2) is 22.7 Å². The van der Waals surface area contributed by atoms with Gasteiger partial charge in [-0.25, -0.2) is 14.8 Å². The molecule has 0 saturated heterocycles. The molecule has 0 bridgehead atoms. The van der Waals surface area contributed by atoms with Crippen molar-refractivity contribution in [3.8, 4) is 22.9 Å². The number of rotatable bonds is 4. The molecule has 7 nitrogen and oxygen atoms in total. The van der Waals surface area contributed by atoms with Gasteiger partial charge in [0, 0.05) is 5.69 Å². The third-order valence-corrected chi connectivity index (χ3v) is 3.70. The first-order valence-electron chi connectivity index (χ1n) is 8.08. The third kappa shape index (κ3) is 3.02. The number of carbonyl (C=O) groups is 1. The number of benzene rings is 1. The fraction of sp³-hybridized carbons (Fsp3) is 0.105. The van der Waals surface area contributed by atoms with Crippen LogP contribution in [0.4, 0.5) is 10.5 Å². The molecule has 0 aliphatic carbocycles. The molecule has 4 aromatic rings. The molecule has 0 aliphatic rings. The van der Waals surface area contributed by atoms with E-state index in [2.05, 4.69) is 15.3 Å². The van der Waals surface area contributed by atoms with Crippen molar-refractivity contribution in [2.45, 2.75) is 6.92 Å². The number of furan rings is 2. The standard InChI is InChI=1S/C19H15N3O4/c1-2-24-19(23)20-12-7-8-13-14(11-12)22-18(16-6-4-10-26-16)17(21-13)15-5-3-9-25-15/h3-11H,2H2,1H3,(H,20,23). The van der Waals surface area contributed by atoms with Crippen molar-refractivity contribution in [2.75, 3.05) is 11.9 Å². The Kier molecular flexibility index (Phi) is 4.10. The Morgan fingerprint density at radius 2 is 1.65 bits per heavy atom. The molecule has 0 atom stereocenters. The molecule has 7 heteroatoms. The SMILES string of the molecule is CCOC(=O)Nc1ccc2nc(-c3ccco3)c(-c3ccco3)nc2c1. The Balaban J connectivity index is 1.82. The van der Waals surface area contributed by atoms with Crippen molar-refractivity contribution >= 4 is 22.8 Å². The van der Waals surface area contributed by atoms with Crippen LogP contribution < -0.4 is 5.32 Å². The average molecular weight is 349 g/mol. The molecule has 0 aliphatic heterocycles. The number of hydrogen-bond donors (Lipinski definition) is 1. The van der Waals surface area contributed by atoms with E-state index in [0.29, 0.717) is 46.2 Å². The largest absolute Gasteiger partial charge is 0.463 e. The maximum atomic E-state index is 11.6. The zero-order valence-corrected chi connectivity index (χ0v) is 13.9. The number of nitrogens with zero attached hydrogens (tertiary/aromatic N) is 2. The van der Waals surface area contributed by atoms with Crippen molar-refractivity contribution in [1.82, 2.24) is 9.97 Å². The Labute approximate surface area is 148 Å². The normalized spacial score (nSPS) is 10.8. The number of ether oxygens (including phenoxy) is 1. The molecule has 1 amide bonds. The van der Waals surface area contributed by atoms with Gasteiger partial charge in [0.25, 0.3) is 0 Å². The highest BCUT2D eigenvalue weighted by atomic mass is 16.5. The van der Waals surface area contributed by atoms with Gasteiger partial charge in [-0.2, -0.15) is 0 Å². The van der Waals surface area contributed by atoms with Crippen LogP contribution in [0.5, 0.6) is 0 Å². The molecule has 0 radical (unpaired) electrons. The summed E-state index contributed by atoms with van der Waals surface area (Å²) in [5.74, 6) is 1.18. The number of carbonyl (C=O) groups excluding carboxylic acids is 1. The fourth-order valence-corrected chi connectivity index (χ4v) is 2.59. The van der Waals surface area contributed by atoms with Gasteiger partial charge in [0.15, 0.2) is 11.5 Å². The Morgan fingerprint density at radius 1 is 1.00 bits per heavy atom. The van der Waals surface area contributed by atoms with E-state index in [0.717, 1.165) is 0 Å². The first kappa shape index (κ1) is 15.9. The zero-order chi connectivity index (χ0) is 17.9. The molecule has 1 N–H and O–H groups in total. The summed E-state index contributed by atoms with van der Waals surface area (Å²) < 4.78 is 15.9. The maximum Gasteiger partial charge on any atom is 0.411 e. The topological polar surface area (TPSA) is 90.4 Å². The number of anilines is 1. The summed E-state index contributed by atoms with van der Waals surface area (Å²) in [5, 5.41) is 2.66. The average Bonchev–Trinajstić information content (AvgIpc) is 3.34. The summed E-state index contributed by atoms with van der Waals surface area (Å²) in [4.78, 5) is 21.0.